The highest BCUT2D eigenvalue weighted by Gasteiger charge is 2.11. The summed E-state index contributed by atoms with van der Waals surface area (Å²) in [6.45, 7) is 1.89. The molecule has 0 spiro atoms. The van der Waals surface area contributed by atoms with Gasteiger partial charge in [-0.15, -0.1) is 11.6 Å². The second kappa shape index (κ2) is 4.98. The van der Waals surface area contributed by atoms with Gasteiger partial charge < -0.3 is 0 Å². The zero-order valence-corrected chi connectivity index (χ0v) is 8.66. The molecule has 0 saturated carbocycles. The van der Waals surface area contributed by atoms with Gasteiger partial charge in [0.25, 0.3) is 5.91 Å². The molecule has 0 saturated heterocycles. The molecule has 1 aromatic carbocycles. The minimum atomic E-state index is -0.398. The van der Waals surface area contributed by atoms with Gasteiger partial charge in [0, 0.05) is 12.3 Å². The smallest absolute Gasteiger partial charge is 0.251 e. The molecule has 0 aliphatic rings. The Labute approximate surface area is 87.9 Å². The molecule has 0 aromatic heterocycles. The molecule has 1 N–H and O–H groups in total. The number of alkyl halides is 1. The molecule has 0 unspecified atom stereocenters. The van der Waals surface area contributed by atoms with Gasteiger partial charge >= 0.3 is 0 Å². The summed E-state index contributed by atoms with van der Waals surface area (Å²) in [6.07, 6.45) is 0.131. The number of hydrogen-bond acceptors (Lipinski definition) is 2. The van der Waals surface area contributed by atoms with Crippen molar-refractivity contribution >= 4 is 23.2 Å². The van der Waals surface area contributed by atoms with Gasteiger partial charge in [0.05, 0.1) is 5.69 Å². The van der Waals surface area contributed by atoms with Crippen LogP contribution in [-0.4, -0.2) is 17.0 Å². The van der Waals surface area contributed by atoms with Crippen molar-refractivity contribution in [2.45, 2.75) is 13.3 Å². The molecule has 14 heavy (non-hydrogen) atoms. The molecule has 4 heteroatoms. The van der Waals surface area contributed by atoms with E-state index < -0.39 is 5.91 Å². The fraction of sp³-hybridized carbons (Fsp3) is 0.300. The third-order valence-corrected chi connectivity index (χ3v) is 1.98. The molecule has 0 bridgehead atoms. The van der Waals surface area contributed by atoms with Crippen LogP contribution in [0.25, 0.3) is 0 Å². The van der Waals surface area contributed by atoms with Crippen LogP contribution in [0.3, 0.4) is 0 Å². The topological polar surface area (TPSA) is 40.5 Å². The minimum absolute atomic E-state index is 0.131. The minimum Gasteiger partial charge on any atom is -0.281 e. The quantitative estimate of drug-likeness (QED) is 0.476. The predicted molar refractivity (Wildman–Crippen MR) is 55.8 cm³/mol. The summed E-state index contributed by atoms with van der Waals surface area (Å²) >= 11 is 5.40. The Morgan fingerprint density at radius 2 is 2.29 bits per heavy atom. The number of halogens is 1. The van der Waals surface area contributed by atoms with Crippen molar-refractivity contribution in [2.75, 3.05) is 10.9 Å². The van der Waals surface area contributed by atoms with E-state index in [0.29, 0.717) is 10.8 Å². The molecule has 0 heterocycles. The van der Waals surface area contributed by atoms with Crippen molar-refractivity contribution in [3.05, 3.63) is 29.8 Å². The highest BCUT2D eigenvalue weighted by Crippen LogP contribution is 2.14. The molecule has 1 rings (SSSR count). The van der Waals surface area contributed by atoms with E-state index in [1.54, 1.807) is 18.2 Å². The zero-order valence-electron chi connectivity index (χ0n) is 7.90. The van der Waals surface area contributed by atoms with E-state index in [9.17, 15) is 10.0 Å². The highest BCUT2D eigenvalue weighted by atomic mass is 35.5. The second-order valence-electron chi connectivity index (χ2n) is 2.98. The van der Waals surface area contributed by atoms with Gasteiger partial charge in [0.15, 0.2) is 0 Å². The SMILES string of the molecule is Cc1cccc(N(O)C(=O)CCCl)c1. The molecule has 3 nitrogen and oxygen atoms in total. The van der Waals surface area contributed by atoms with Crippen molar-refractivity contribution in [3.8, 4) is 0 Å². The first-order valence-electron chi connectivity index (χ1n) is 4.29. The van der Waals surface area contributed by atoms with Crippen molar-refractivity contribution in [1.29, 1.82) is 0 Å². The summed E-state index contributed by atoms with van der Waals surface area (Å²) < 4.78 is 0. The summed E-state index contributed by atoms with van der Waals surface area (Å²) in [5, 5.41) is 10.1. The highest BCUT2D eigenvalue weighted by molar-refractivity contribution is 6.19. The van der Waals surface area contributed by atoms with Crippen molar-refractivity contribution < 1.29 is 10.0 Å². The lowest BCUT2D eigenvalue weighted by atomic mass is 10.2. The Balaban J connectivity index is 2.78. The van der Waals surface area contributed by atoms with Crippen LogP contribution in [0.2, 0.25) is 0 Å². The number of aryl methyl sites for hydroxylation is 1. The standard InChI is InChI=1S/C10H12ClNO2/c1-8-3-2-4-9(7-8)12(14)10(13)5-6-11/h2-4,7,14H,5-6H2,1H3. The maximum Gasteiger partial charge on any atom is 0.251 e. The summed E-state index contributed by atoms with van der Waals surface area (Å²) in [5.41, 5.74) is 1.46. The van der Waals surface area contributed by atoms with Gasteiger partial charge in [-0.25, -0.2) is 0 Å². The molecule has 1 aromatic rings. The maximum atomic E-state index is 11.2. The molecule has 0 aliphatic carbocycles. The van der Waals surface area contributed by atoms with Crippen molar-refractivity contribution in [1.82, 2.24) is 0 Å². The van der Waals surface area contributed by atoms with E-state index in [1.165, 1.54) is 0 Å². The zero-order chi connectivity index (χ0) is 10.6. The van der Waals surface area contributed by atoms with Gasteiger partial charge in [-0.3, -0.25) is 10.0 Å². The average molecular weight is 214 g/mol. The molecule has 0 atom stereocenters. The van der Waals surface area contributed by atoms with E-state index in [4.69, 9.17) is 11.6 Å². The third-order valence-electron chi connectivity index (χ3n) is 1.79. The number of hydroxylamine groups is 1. The Hall–Kier alpha value is -1.06. The van der Waals surface area contributed by atoms with E-state index in [1.807, 2.05) is 13.0 Å². The van der Waals surface area contributed by atoms with Crippen LogP contribution >= 0.6 is 11.6 Å². The van der Waals surface area contributed by atoms with Crippen LogP contribution in [0.1, 0.15) is 12.0 Å². The normalized spacial score (nSPS) is 9.93. The van der Waals surface area contributed by atoms with Gasteiger partial charge in [-0.2, -0.15) is 5.06 Å². The maximum absolute atomic E-state index is 11.2. The number of benzene rings is 1. The van der Waals surface area contributed by atoms with Gasteiger partial charge in [0.2, 0.25) is 0 Å². The lowest BCUT2D eigenvalue weighted by Gasteiger charge is -2.14. The van der Waals surface area contributed by atoms with Crippen LogP contribution in [0.4, 0.5) is 5.69 Å². The predicted octanol–water partition coefficient (Wildman–Crippen LogP) is 2.35. The van der Waals surface area contributed by atoms with Crippen LogP contribution in [0.15, 0.2) is 24.3 Å². The number of carbonyl (C=O) groups is 1. The summed E-state index contributed by atoms with van der Waals surface area (Å²) in [6, 6.07) is 7.07. The van der Waals surface area contributed by atoms with Crippen LogP contribution < -0.4 is 5.06 Å². The molecule has 1 amide bonds. The number of amides is 1. The number of rotatable bonds is 3. The third kappa shape index (κ3) is 2.72. The molecule has 0 radical (unpaired) electrons. The molecule has 76 valence electrons. The number of carbonyl (C=O) groups excluding carboxylic acids is 1. The van der Waals surface area contributed by atoms with E-state index in [2.05, 4.69) is 0 Å². The summed E-state index contributed by atoms with van der Waals surface area (Å²) in [4.78, 5) is 11.2. The molecular weight excluding hydrogens is 202 g/mol. The van der Waals surface area contributed by atoms with Crippen molar-refractivity contribution in [2.24, 2.45) is 0 Å². The van der Waals surface area contributed by atoms with E-state index in [0.717, 1.165) is 5.56 Å². The van der Waals surface area contributed by atoms with E-state index >= 15 is 0 Å². The van der Waals surface area contributed by atoms with Crippen LogP contribution in [0.5, 0.6) is 0 Å². The van der Waals surface area contributed by atoms with Gasteiger partial charge in [0.1, 0.15) is 0 Å². The lowest BCUT2D eigenvalue weighted by molar-refractivity contribution is -0.123. The molecular formula is C10H12ClNO2. The lowest BCUT2D eigenvalue weighted by Crippen LogP contribution is -2.26. The van der Waals surface area contributed by atoms with Crippen molar-refractivity contribution in [3.63, 3.8) is 0 Å². The van der Waals surface area contributed by atoms with Gasteiger partial charge in [-0.1, -0.05) is 12.1 Å². The molecule has 0 fully saturated rings. The Bertz CT molecular complexity index is 328. The number of nitrogens with zero attached hydrogens (tertiary/aromatic N) is 1. The second-order valence-corrected chi connectivity index (χ2v) is 3.36. The van der Waals surface area contributed by atoms with Gasteiger partial charge in [-0.05, 0) is 24.6 Å². The Kier molecular flexibility index (Phi) is 3.92. The average Bonchev–Trinajstić information content (AvgIpc) is 2.17. The summed E-state index contributed by atoms with van der Waals surface area (Å²) in [7, 11) is 0. The Morgan fingerprint density at radius 1 is 1.57 bits per heavy atom. The first-order chi connectivity index (χ1) is 6.65. The number of hydrogen-bond donors (Lipinski definition) is 1. The monoisotopic (exact) mass is 213 g/mol. The fourth-order valence-corrected chi connectivity index (χ4v) is 1.25. The Morgan fingerprint density at radius 3 is 2.86 bits per heavy atom. The van der Waals surface area contributed by atoms with Crippen LogP contribution in [0, 0.1) is 6.92 Å². The summed E-state index contributed by atoms with van der Waals surface area (Å²) in [5.74, 6) is -0.188. The molecule has 0 aliphatic heterocycles. The fourth-order valence-electron chi connectivity index (χ4n) is 1.09. The largest absolute Gasteiger partial charge is 0.281 e. The first-order valence-corrected chi connectivity index (χ1v) is 4.83. The van der Waals surface area contributed by atoms with Crippen LogP contribution in [-0.2, 0) is 4.79 Å². The first kappa shape index (κ1) is 11.0. The number of anilines is 1. The van der Waals surface area contributed by atoms with E-state index in [-0.39, 0.29) is 12.3 Å².